The first-order valence-corrected chi connectivity index (χ1v) is 10.4. The number of rotatable bonds is 6. The lowest BCUT2D eigenvalue weighted by Gasteiger charge is -2.17. The molecule has 2 aromatic carbocycles. The van der Waals surface area contributed by atoms with Crippen molar-refractivity contribution in [3.63, 3.8) is 0 Å². The zero-order valence-electron chi connectivity index (χ0n) is 17.6. The molecule has 0 saturated carbocycles. The molecule has 32 heavy (non-hydrogen) atoms. The van der Waals surface area contributed by atoms with E-state index in [1.54, 1.807) is 15.8 Å². The summed E-state index contributed by atoms with van der Waals surface area (Å²) in [5, 5.41) is 12.4. The SMILES string of the molecule is Cc1cccc(OCC(=O)N2CC[C@H](n3cc(-c4nc(-c5ccccc5)no4)nn3)C2)c1. The third kappa shape index (κ3) is 4.22. The van der Waals surface area contributed by atoms with Crippen molar-refractivity contribution in [3.8, 4) is 28.7 Å². The standard InChI is InChI=1S/C23H22N6O3/c1-16-6-5-9-19(12-16)31-15-21(30)28-11-10-18(13-28)29-14-20(25-27-29)23-24-22(26-32-23)17-7-3-2-4-8-17/h2-9,12,14,18H,10-11,13,15H2,1H3/t18-/m0/s1. The molecule has 9 heteroatoms. The molecular formula is C23H22N6O3. The van der Waals surface area contributed by atoms with Crippen LogP contribution in [0.25, 0.3) is 23.0 Å². The van der Waals surface area contributed by atoms with Crippen LogP contribution in [0.5, 0.6) is 5.75 Å². The molecule has 1 saturated heterocycles. The minimum Gasteiger partial charge on any atom is -0.484 e. The number of likely N-dealkylation sites (tertiary alicyclic amines) is 1. The summed E-state index contributed by atoms with van der Waals surface area (Å²) in [6.07, 6.45) is 2.57. The van der Waals surface area contributed by atoms with Crippen LogP contribution < -0.4 is 4.74 Å². The van der Waals surface area contributed by atoms with Crippen LogP contribution in [0.1, 0.15) is 18.0 Å². The first-order chi connectivity index (χ1) is 15.7. The summed E-state index contributed by atoms with van der Waals surface area (Å²) in [6, 6.07) is 17.3. The molecule has 2 aromatic heterocycles. The number of hydrogen-bond acceptors (Lipinski definition) is 7. The molecule has 9 nitrogen and oxygen atoms in total. The number of ether oxygens (including phenoxy) is 1. The van der Waals surface area contributed by atoms with Crippen LogP contribution in [0.2, 0.25) is 0 Å². The van der Waals surface area contributed by atoms with E-state index >= 15 is 0 Å². The molecule has 0 N–H and O–H groups in total. The summed E-state index contributed by atoms with van der Waals surface area (Å²) in [7, 11) is 0. The van der Waals surface area contributed by atoms with Crippen molar-refractivity contribution < 1.29 is 14.1 Å². The van der Waals surface area contributed by atoms with Gasteiger partial charge in [0.25, 0.3) is 11.8 Å². The fourth-order valence-corrected chi connectivity index (χ4v) is 3.71. The number of aromatic nitrogens is 5. The molecule has 0 aliphatic carbocycles. The van der Waals surface area contributed by atoms with E-state index in [1.807, 2.05) is 61.5 Å². The summed E-state index contributed by atoms with van der Waals surface area (Å²) in [5.74, 6) is 1.47. The van der Waals surface area contributed by atoms with Gasteiger partial charge in [-0.25, -0.2) is 4.68 Å². The fourth-order valence-electron chi connectivity index (χ4n) is 3.71. The highest BCUT2D eigenvalue weighted by Crippen LogP contribution is 2.24. The molecule has 1 aliphatic rings. The summed E-state index contributed by atoms with van der Waals surface area (Å²) in [6.45, 7) is 3.21. The van der Waals surface area contributed by atoms with Crippen molar-refractivity contribution in [2.75, 3.05) is 19.7 Å². The van der Waals surface area contributed by atoms with Gasteiger partial charge in [-0.2, -0.15) is 4.98 Å². The smallest absolute Gasteiger partial charge is 0.280 e. The van der Waals surface area contributed by atoms with Gasteiger partial charge in [0.05, 0.1) is 12.2 Å². The third-order valence-corrected chi connectivity index (χ3v) is 5.43. The Bertz CT molecular complexity index is 1220. The minimum atomic E-state index is -0.0428. The van der Waals surface area contributed by atoms with Gasteiger partial charge in [-0.15, -0.1) is 5.10 Å². The summed E-state index contributed by atoms with van der Waals surface area (Å²) in [4.78, 5) is 18.8. The normalized spacial score (nSPS) is 15.8. The van der Waals surface area contributed by atoms with Gasteiger partial charge in [-0.1, -0.05) is 52.8 Å². The average Bonchev–Trinajstić information content (AvgIpc) is 3.58. The Morgan fingerprint density at radius 3 is 2.91 bits per heavy atom. The summed E-state index contributed by atoms with van der Waals surface area (Å²) < 4.78 is 12.8. The Morgan fingerprint density at radius 2 is 2.06 bits per heavy atom. The highest BCUT2D eigenvalue weighted by Gasteiger charge is 2.29. The van der Waals surface area contributed by atoms with Crippen molar-refractivity contribution in [1.29, 1.82) is 0 Å². The number of aryl methyl sites for hydroxylation is 1. The van der Waals surface area contributed by atoms with Crippen molar-refractivity contribution in [3.05, 3.63) is 66.4 Å². The van der Waals surface area contributed by atoms with Crippen LogP contribution in [-0.4, -0.2) is 55.6 Å². The molecule has 5 rings (SSSR count). The molecule has 3 heterocycles. The van der Waals surface area contributed by atoms with Crippen LogP contribution in [0.15, 0.2) is 65.3 Å². The van der Waals surface area contributed by atoms with Gasteiger partial charge >= 0.3 is 0 Å². The van der Waals surface area contributed by atoms with Gasteiger partial charge in [0, 0.05) is 18.7 Å². The quantitative estimate of drug-likeness (QED) is 0.463. The number of nitrogens with zero attached hydrogens (tertiary/aromatic N) is 6. The maximum atomic E-state index is 12.6. The molecule has 0 unspecified atom stereocenters. The molecule has 1 fully saturated rings. The average molecular weight is 430 g/mol. The predicted octanol–water partition coefficient (Wildman–Crippen LogP) is 3.16. The highest BCUT2D eigenvalue weighted by atomic mass is 16.5. The fraction of sp³-hybridized carbons (Fsp3) is 0.261. The number of benzene rings is 2. The van der Waals surface area contributed by atoms with Crippen molar-refractivity contribution in [2.24, 2.45) is 0 Å². The Hall–Kier alpha value is -4.01. The first kappa shape index (κ1) is 19.9. The molecule has 0 spiro atoms. The molecule has 1 amide bonds. The zero-order chi connectivity index (χ0) is 21.9. The van der Waals surface area contributed by atoms with Gasteiger partial charge < -0.3 is 14.2 Å². The van der Waals surface area contributed by atoms with Crippen LogP contribution in [0, 0.1) is 6.92 Å². The lowest BCUT2D eigenvalue weighted by molar-refractivity contribution is -0.132. The van der Waals surface area contributed by atoms with E-state index in [9.17, 15) is 4.79 Å². The van der Waals surface area contributed by atoms with E-state index in [2.05, 4.69) is 20.5 Å². The molecule has 4 aromatic rings. The maximum Gasteiger partial charge on any atom is 0.280 e. The zero-order valence-corrected chi connectivity index (χ0v) is 17.6. The van der Waals surface area contributed by atoms with Gasteiger partial charge in [0.1, 0.15) is 5.75 Å². The number of carbonyl (C=O) groups excluding carboxylic acids is 1. The Kier molecular flexibility index (Phi) is 5.37. The van der Waals surface area contributed by atoms with E-state index < -0.39 is 0 Å². The first-order valence-electron chi connectivity index (χ1n) is 10.4. The van der Waals surface area contributed by atoms with Crippen molar-refractivity contribution in [1.82, 2.24) is 30.0 Å². The predicted molar refractivity (Wildman–Crippen MR) is 116 cm³/mol. The van der Waals surface area contributed by atoms with Gasteiger partial charge in [-0.3, -0.25) is 4.79 Å². The van der Waals surface area contributed by atoms with Crippen LogP contribution in [0.3, 0.4) is 0 Å². The second-order valence-corrected chi connectivity index (χ2v) is 7.76. The Labute approximate surface area is 184 Å². The van der Waals surface area contributed by atoms with Crippen LogP contribution in [-0.2, 0) is 4.79 Å². The van der Waals surface area contributed by atoms with E-state index in [4.69, 9.17) is 9.26 Å². The van der Waals surface area contributed by atoms with Crippen molar-refractivity contribution >= 4 is 5.91 Å². The Morgan fingerprint density at radius 1 is 1.19 bits per heavy atom. The van der Waals surface area contributed by atoms with Crippen LogP contribution in [0.4, 0.5) is 0 Å². The molecule has 162 valence electrons. The second kappa shape index (κ2) is 8.62. The third-order valence-electron chi connectivity index (χ3n) is 5.43. The maximum absolute atomic E-state index is 12.6. The molecule has 0 bridgehead atoms. The molecular weight excluding hydrogens is 408 g/mol. The number of carbonyl (C=O) groups is 1. The molecule has 0 radical (unpaired) electrons. The van der Waals surface area contributed by atoms with Gasteiger partial charge in [-0.05, 0) is 31.0 Å². The summed E-state index contributed by atoms with van der Waals surface area (Å²) in [5.41, 5.74) is 2.47. The monoisotopic (exact) mass is 430 g/mol. The van der Waals surface area contributed by atoms with Gasteiger partial charge in [0.15, 0.2) is 12.3 Å². The Balaban J connectivity index is 1.20. The van der Waals surface area contributed by atoms with E-state index in [-0.39, 0.29) is 18.6 Å². The second-order valence-electron chi connectivity index (χ2n) is 7.76. The number of amides is 1. The minimum absolute atomic E-state index is 0.0169. The topological polar surface area (TPSA) is 99.2 Å². The van der Waals surface area contributed by atoms with Gasteiger partial charge in [0.2, 0.25) is 5.82 Å². The van der Waals surface area contributed by atoms with E-state index in [0.717, 1.165) is 17.5 Å². The highest BCUT2D eigenvalue weighted by molar-refractivity contribution is 5.78. The molecule has 1 aliphatic heterocycles. The largest absolute Gasteiger partial charge is 0.484 e. The van der Waals surface area contributed by atoms with Crippen molar-refractivity contribution in [2.45, 2.75) is 19.4 Å². The summed E-state index contributed by atoms with van der Waals surface area (Å²) >= 11 is 0. The lowest BCUT2D eigenvalue weighted by Crippen LogP contribution is -2.33. The molecule has 1 atom stereocenters. The lowest BCUT2D eigenvalue weighted by atomic mass is 10.2. The van der Waals surface area contributed by atoms with E-state index in [0.29, 0.717) is 36.2 Å². The number of hydrogen-bond donors (Lipinski definition) is 0. The van der Waals surface area contributed by atoms with E-state index in [1.165, 1.54) is 0 Å². The van der Waals surface area contributed by atoms with Crippen LogP contribution >= 0.6 is 0 Å².